The summed E-state index contributed by atoms with van der Waals surface area (Å²) in [5, 5.41) is 0.614. The molecule has 0 bridgehead atoms. The molecule has 0 fully saturated rings. The molecule has 0 aliphatic carbocycles. The van der Waals surface area contributed by atoms with Gasteiger partial charge >= 0.3 is 0 Å². The van der Waals surface area contributed by atoms with Crippen LogP contribution in [0.5, 0.6) is 0 Å². The van der Waals surface area contributed by atoms with Gasteiger partial charge in [0.2, 0.25) is 0 Å². The smallest absolute Gasteiger partial charge is 0.199 e. The number of fused-ring (bicyclic) bond motifs is 1. The third-order valence-corrected chi connectivity index (χ3v) is 3.67. The van der Waals surface area contributed by atoms with Gasteiger partial charge in [0.15, 0.2) is 11.3 Å². The Morgan fingerprint density at radius 3 is 2.48 bits per heavy atom. The van der Waals surface area contributed by atoms with E-state index in [1.807, 2.05) is 67.4 Å². The van der Waals surface area contributed by atoms with Gasteiger partial charge in [0, 0.05) is 19.7 Å². The van der Waals surface area contributed by atoms with Gasteiger partial charge in [0.1, 0.15) is 5.58 Å². The Bertz CT molecular complexity index is 821. The fraction of sp³-hybridized carbons (Fsp3) is 0.167. The van der Waals surface area contributed by atoms with Crippen LogP contribution in [0.25, 0.3) is 22.1 Å². The van der Waals surface area contributed by atoms with Crippen LogP contribution in [-0.2, 0) is 0 Å². The average molecular weight is 279 g/mol. The molecular formula is C18H17NO2. The van der Waals surface area contributed by atoms with Gasteiger partial charge in [-0.25, -0.2) is 0 Å². The fourth-order valence-electron chi connectivity index (χ4n) is 2.30. The second kappa shape index (κ2) is 5.44. The first-order valence-corrected chi connectivity index (χ1v) is 7.03. The number of hydrogen-bond acceptors (Lipinski definition) is 3. The predicted molar refractivity (Wildman–Crippen MR) is 86.9 cm³/mol. The highest BCUT2D eigenvalue weighted by Gasteiger charge is 2.08. The number of hydrogen-bond donors (Lipinski definition) is 0. The van der Waals surface area contributed by atoms with Crippen molar-refractivity contribution in [2.45, 2.75) is 6.92 Å². The van der Waals surface area contributed by atoms with E-state index in [0.29, 0.717) is 16.9 Å². The Labute approximate surface area is 123 Å². The molecule has 3 aromatic rings. The summed E-state index contributed by atoms with van der Waals surface area (Å²) >= 11 is 0. The predicted octanol–water partition coefficient (Wildman–Crippen LogP) is 3.92. The molecule has 0 amide bonds. The summed E-state index contributed by atoms with van der Waals surface area (Å²) in [6.07, 6.45) is 0. The van der Waals surface area contributed by atoms with Gasteiger partial charge in [-0.3, -0.25) is 4.79 Å². The van der Waals surface area contributed by atoms with E-state index < -0.39 is 0 Å². The quantitative estimate of drug-likeness (QED) is 0.728. The Hall–Kier alpha value is -2.55. The number of anilines is 1. The van der Waals surface area contributed by atoms with E-state index >= 15 is 0 Å². The van der Waals surface area contributed by atoms with Crippen LogP contribution < -0.4 is 10.3 Å². The van der Waals surface area contributed by atoms with Crippen molar-refractivity contribution >= 4 is 16.9 Å². The third-order valence-electron chi connectivity index (χ3n) is 3.67. The van der Waals surface area contributed by atoms with E-state index in [1.54, 1.807) is 6.07 Å². The minimum Gasteiger partial charge on any atom is -0.440 e. The van der Waals surface area contributed by atoms with Gasteiger partial charge in [-0.15, -0.1) is 0 Å². The lowest BCUT2D eigenvalue weighted by molar-refractivity contribution is 0.589. The second-order valence-corrected chi connectivity index (χ2v) is 5.04. The van der Waals surface area contributed by atoms with E-state index in [-0.39, 0.29) is 5.43 Å². The van der Waals surface area contributed by atoms with Crippen molar-refractivity contribution in [2.75, 3.05) is 18.5 Å². The molecule has 0 saturated carbocycles. The Morgan fingerprint density at radius 1 is 1.00 bits per heavy atom. The first-order chi connectivity index (χ1) is 10.2. The monoisotopic (exact) mass is 279 g/mol. The molecule has 0 aliphatic heterocycles. The Morgan fingerprint density at radius 2 is 1.76 bits per heavy atom. The first-order valence-electron chi connectivity index (χ1n) is 7.03. The Kier molecular flexibility index (Phi) is 3.48. The summed E-state index contributed by atoms with van der Waals surface area (Å²) in [5.41, 5.74) is 2.77. The van der Waals surface area contributed by atoms with Crippen molar-refractivity contribution in [3.05, 3.63) is 64.8 Å². The van der Waals surface area contributed by atoms with Crippen molar-refractivity contribution in [1.29, 1.82) is 0 Å². The third kappa shape index (κ3) is 2.55. The summed E-state index contributed by atoms with van der Waals surface area (Å²) in [7, 11) is 1.91. The van der Waals surface area contributed by atoms with E-state index in [1.165, 1.54) is 0 Å². The lowest BCUT2D eigenvalue weighted by atomic mass is 10.0. The highest BCUT2D eigenvalue weighted by atomic mass is 16.4. The summed E-state index contributed by atoms with van der Waals surface area (Å²) in [4.78, 5) is 14.1. The minimum absolute atomic E-state index is 0.00818. The van der Waals surface area contributed by atoms with Gasteiger partial charge in [0.05, 0.1) is 5.39 Å². The maximum Gasteiger partial charge on any atom is 0.199 e. The minimum atomic E-state index is -0.00818. The molecule has 0 unspecified atom stereocenters. The number of rotatable bonds is 3. The molecule has 1 heterocycles. The fourth-order valence-corrected chi connectivity index (χ4v) is 2.30. The zero-order valence-electron chi connectivity index (χ0n) is 12.2. The van der Waals surface area contributed by atoms with E-state index in [4.69, 9.17) is 4.42 Å². The zero-order valence-corrected chi connectivity index (χ0v) is 12.2. The van der Waals surface area contributed by atoms with Crippen molar-refractivity contribution in [3.63, 3.8) is 0 Å². The van der Waals surface area contributed by atoms with Gasteiger partial charge in [-0.2, -0.15) is 0 Å². The van der Waals surface area contributed by atoms with Gasteiger partial charge < -0.3 is 9.32 Å². The van der Waals surface area contributed by atoms with Crippen LogP contribution in [0.2, 0.25) is 0 Å². The molecule has 2 aromatic carbocycles. The number of benzene rings is 2. The summed E-state index contributed by atoms with van der Waals surface area (Å²) in [6.45, 7) is 2.80. The molecule has 0 spiro atoms. The molecule has 3 nitrogen and oxygen atoms in total. The van der Waals surface area contributed by atoms with E-state index in [0.717, 1.165) is 17.7 Å². The normalized spacial score (nSPS) is 10.8. The van der Waals surface area contributed by atoms with Gasteiger partial charge in [-0.05, 0) is 30.2 Å². The van der Waals surface area contributed by atoms with Crippen LogP contribution >= 0.6 is 0 Å². The van der Waals surface area contributed by atoms with Crippen LogP contribution in [-0.4, -0.2) is 13.6 Å². The molecule has 0 N–H and O–H groups in total. The molecule has 0 saturated heterocycles. The summed E-state index contributed by atoms with van der Waals surface area (Å²) in [5.74, 6) is 0.597. The lowest BCUT2D eigenvalue weighted by Gasteiger charge is -2.15. The standard InChI is InChI=1S/C18H17NO2/c1-3-19(2)18-12-16(20)15-10-9-14(11-17(15)21-18)13-7-5-4-6-8-13/h4-12H,3H2,1-2H3. The molecule has 106 valence electrons. The number of nitrogens with zero attached hydrogens (tertiary/aromatic N) is 1. The molecule has 0 aliphatic rings. The van der Waals surface area contributed by atoms with Gasteiger partial charge in [-0.1, -0.05) is 36.4 Å². The highest BCUT2D eigenvalue weighted by molar-refractivity contribution is 5.83. The van der Waals surface area contributed by atoms with E-state index in [9.17, 15) is 4.79 Å². The summed E-state index contributed by atoms with van der Waals surface area (Å²) in [6, 6.07) is 17.3. The largest absolute Gasteiger partial charge is 0.440 e. The van der Waals surface area contributed by atoms with E-state index in [2.05, 4.69) is 0 Å². The highest BCUT2D eigenvalue weighted by Crippen LogP contribution is 2.25. The zero-order chi connectivity index (χ0) is 14.8. The van der Waals surface area contributed by atoms with Crippen molar-refractivity contribution < 1.29 is 4.42 Å². The van der Waals surface area contributed by atoms with Gasteiger partial charge in [0.25, 0.3) is 0 Å². The van der Waals surface area contributed by atoms with Crippen LogP contribution in [0.3, 0.4) is 0 Å². The molecule has 1 aromatic heterocycles. The van der Waals surface area contributed by atoms with Crippen LogP contribution in [0.4, 0.5) is 5.88 Å². The second-order valence-electron chi connectivity index (χ2n) is 5.04. The molecule has 3 rings (SSSR count). The van der Waals surface area contributed by atoms with Crippen LogP contribution in [0.1, 0.15) is 6.92 Å². The Balaban J connectivity index is 2.18. The van der Waals surface area contributed by atoms with Crippen molar-refractivity contribution in [2.24, 2.45) is 0 Å². The van der Waals surface area contributed by atoms with Crippen molar-refractivity contribution in [1.82, 2.24) is 0 Å². The van der Waals surface area contributed by atoms with Crippen molar-refractivity contribution in [3.8, 4) is 11.1 Å². The maximum absolute atomic E-state index is 12.2. The average Bonchev–Trinajstić information content (AvgIpc) is 2.54. The molecular weight excluding hydrogens is 262 g/mol. The van der Waals surface area contributed by atoms with Crippen LogP contribution in [0, 0.1) is 0 Å². The molecule has 3 heteroatoms. The maximum atomic E-state index is 12.2. The SMILES string of the molecule is CCN(C)c1cc(=O)c2ccc(-c3ccccc3)cc2o1. The molecule has 21 heavy (non-hydrogen) atoms. The molecule has 0 atom stereocenters. The lowest BCUT2D eigenvalue weighted by Crippen LogP contribution is -2.17. The molecule has 0 radical (unpaired) electrons. The van der Waals surface area contributed by atoms with Crippen LogP contribution in [0.15, 0.2) is 63.8 Å². The topological polar surface area (TPSA) is 33.5 Å². The first kappa shape index (κ1) is 13.4. The summed E-state index contributed by atoms with van der Waals surface area (Å²) < 4.78 is 5.88.